The van der Waals surface area contributed by atoms with Crippen LogP contribution in [0.4, 0.5) is 0 Å². The molecule has 0 aliphatic carbocycles. The Balaban J connectivity index is 4.46. The summed E-state index contributed by atoms with van der Waals surface area (Å²) in [5, 5.41) is 0. The van der Waals surface area contributed by atoms with Gasteiger partial charge in [-0.1, -0.05) is 20.4 Å². The Bertz CT molecular complexity index is 188. The minimum absolute atomic E-state index is 0.364. The van der Waals surface area contributed by atoms with Gasteiger partial charge >= 0.3 is 0 Å². The van der Waals surface area contributed by atoms with Crippen molar-refractivity contribution >= 4 is 12.1 Å². The molecule has 11 heavy (non-hydrogen) atoms. The summed E-state index contributed by atoms with van der Waals surface area (Å²) in [5.41, 5.74) is 0.805. The van der Waals surface area contributed by atoms with Crippen molar-refractivity contribution in [3.63, 3.8) is 0 Å². The van der Waals surface area contributed by atoms with Crippen molar-refractivity contribution in [2.45, 2.75) is 27.7 Å². The Hall–Kier alpha value is -0.920. The molecule has 0 N–H and O–H groups in total. The normalized spacial score (nSPS) is 13.0. The molecule has 0 aromatic carbocycles. The molecule has 0 aliphatic heterocycles. The van der Waals surface area contributed by atoms with Crippen molar-refractivity contribution in [3.8, 4) is 0 Å². The van der Waals surface area contributed by atoms with Gasteiger partial charge in [-0.3, -0.25) is 0 Å². The predicted molar refractivity (Wildman–Crippen MR) is 51.3 cm³/mol. The van der Waals surface area contributed by atoms with Crippen molar-refractivity contribution in [2.24, 2.45) is 15.9 Å². The van der Waals surface area contributed by atoms with E-state index in [9.17, 15) is 0 Å². The molecule has 0 amide bonds. The summed E-state index contributed by atoms with van der Waals surface area (Å²) in [4.78, 5) is 8.32. The summed E-state index contributed by atoms with van der Waals surface area (Å²) in [6, 6.07) is 0. The van der Waals surface area contributed by atoms with E-state index in [0.29, 0.717) is 5.92 Å². The number of aliphatic imine (C=N–C) groups is 2. The summed E-state index contributed by atoms with van der Waals surface area (Å²) in [6.07, 6.45) is 1.75. The highest BCUT2D eigenvalue weighted by atomic mass is 14.9. The van der Waals surface area contributed by atoms with Gasteiger partial charge < -0.3 is 0 Å². The van der Waals surface area contributed by atoms with Crippen LogP contribution in [0.3, 0.4) is 0 Å². The van der Waals surface area contributed by atoms with Gasteiger partial charge in [0.15, 0.2) is 0 Å². The van der Waals surface area contributed by atoms with Crippen LogP contribution in [0.5, 0.6) is 0 Å². The average Bonchev–Trinajstić information content (AvgIpc) is 1.86. The monoisotopic (exact) mass is 152 g/mol. The molecule has 2 nitrogen and oxygen atoms in total. The number of hydrogen-bond donors (Lipinski definition) is 0. The molecular weight excluding hydrogens is 136 g/mol. The predicted octanol–water partition coefficient (Wildman–Crippen LogP) is 2.67. The Labute approximate surface area is 68.8 Å². The summed E-state index contributed by atoms with van der Waals surface area (Å²) in [6.45, 7) is 11.6. The fraction of sp³-hybridized carbons (Fsp3) is 0.556. The van der Waals surface area contributed by atoms with Crippen molar-refractivity contribution in [3.05, 3.63) is 12.3 Å². The maximum Gasteiger partial charge on any atom is 0.130 e. The third-order valence-corrected chi connectivity index (χ3v) is 1.08. The van der Waals surface area contributed by atoms with Crippen LogP contribution in [-0.2, 0) is 0 Å². The molecule has 0 heterocycles. The number of nitrogens with zero attached hydrogens (tertiary/aromatic N) is 2. The molecular formula is C9H16N2. The van der Waals surface area contributed by atoms with Gasteiger partial charge in [0, 0.05) is 17.8 Å². The number of allylic oxidation sites excluding steroid dienone is 1. The van der Waals surface area contributed by atoms with E-state index in [-0.39, 0.29) is 0 Å². The quantitative estimate of drug-likeness (QED) is 0.429. The van der Waals surface area contributed by atoms with Gasteiger partial charge in [0.1, 0.15) is 5.84 Å². The zero-order valence-corrected chi connectivity index (χ0v) is 7.76. The van der Waals surface area contributed by atoms with E-state index < -0.39 is 0 Å². The van der Waals surface area contributed by atoms with E-state index in [4.69, 9.17) is 0 Å². The number of rotatable bonds is 2. The average molecular weight is 152 g/mol. The first-order valence-electron chi connectivity index (χ1n) is 3.80. The summed E-state index contributed by atoms with van der Waals surface area (Å²) >= 11 is 0. The Morgan fingerprint density at radius 2 is 2.00 bits per heavy atom. The van der Waals surface area contributed by atoms with Crippen LogP contribution >= 0.6 is 0 Å². The first-order chi connectivity index (χ1) is 5.07. The van der Waals surface area contributed by atoms with Crippen molar-refractivity contribution < 1.29 is 0 Å². The van der Waals surface area contributed by atoms with Gasteiger partial charge in [-0.15, -0.1) is 0 Å². The molecule has 0 atom stereocenters. The molecule has 0 saturated heterocycles. The van der Waals surface area contributed by atoms with Gasteiger partial charge in [-0.2, -0.15) is 0 Å². The molecule has 0 radical (unpaired) electrons. The zero-order valence-electron chi connectivity index (χ0n) is 7.76. The van der Waals surface area contributed by atoms with Crippen LogP contribution in [0.2, 0.25) is 0 Å². The molecule has 0 rings (SSSR count). The standard InChI is InChI=1S/C9H16N2/c1-6-10-9(7(2)3)11-8(4)5/h6-7H,4H2,1-3,5H3. The second-order valence-electron chi connectivity index (χ2n) is 2.75. The van der Waals surface area contributed by atoms with E-state index in [0.717, 1.165) is 11.5 Å². The van der Waals surface area contributed by atoms with E-state index in [1.54, 1.807) is 6.21 Å². The van der Waals surface area contributed by atoms with Crippen LogP contribution < -0.4 is 0 Å². The Morgan fingerprint density at radius 1 is 1.45 bits per heavy atom. The molecule has 2 heteroatoms. The third-order valence-electron chi connectivity index (χ3n) is 1.08. The Morgan fingerprint density at radius 3 is 2.27 bits per heavy atom. The topological polar surface area (TPSA) is 24.7 Å². The summed E-state index contributed by atoms with van der Waals surface area (Å²) in [5.74, 6) is 1.21. The maximum atomic E-state index is 4.19. The first-order valence-corrected chi connectivity index (χ1v) is 3.80. The van der Waals surface area contributed by atoms with Gasteiger partial charge in [0.2, 0.25) is 0 Å². The summed E-state index contributed by atoms with van der Waals surface area (Å²) < 4.78 is 0. The largest absolute Gasteiger partial charge is 0.246 e. The van der Waals surface area contributed by atoms with Gasteiger partial charge in [-0.25, -0.2) is 9.98 Å². The SMILES string of the molecule is C=C(C)N=C(N=CC)C(C)C. The molecule has 0 fully saturated rings. The van der Waals surface area contributed by atoms with Crippen LogP contribution in [-0.4, -0.2) is 12.1 Å². The summed E-state index contributed by atoms with van der Waals surface area (Å²) in [7, 11) is 0. The second-order valence-corrected chi connectivity index (χ2v) is 2.75. The number of amidine groups is 1. The second kappa shape index (κ2) is 4.83. The highest BCUT2D eigenvalue weighted by Gasteiger charge is 2.00. The fourth-order valence-electron chi connectivity index (χ4n) is 0.635. The lowest BCUT2D eigenvalue weighted by Crippen LogP contribution is -2.04. The molecule has 0 spiro atoms. The molecule has 0 aromatic heterocycles. The molecule has 62 valence electrons. The first kappa shape index (κ1) is 10.1. The van der Waals surface area contributed by atoms with Crippen LogP contribution in [0, 0.1) is 5.92 Å². The van der Waals surface area contributed by atoms with Crippen LogP contribution in [0.25, 0.3) is 0 Å². The van der Waals surface area contributed by atoms with Crippen molar-refractivity contribution in [1.29, 1.82) is 0 Å². The minimum Gasteiger partial charge on any atom is -0.246 e. The van der Waals surface area contributed by atoms with Crippen molar-refractivity contribution in [1.82, 2.24) is 0 Å². The van der Waals surface area contributed by atoms with Gasteiger partial charge in [0.25, 0.3) is 0 Å². The lowest BCUT2D eigenvalue weighted by molar-refractivity contribution is 0.870. The lowest BCUT2D eigenvalue weighted by atomic mass is 10.2. The van der Waals surface area contributed by atoms with Crippen LogP contribution in [0.1, 0.15) is 27.7 Å². The van der Waals surface area contributed by atoms with Gasteiger partial charge in [0.05, 0.1) is 0 Å². The van der Waals surface area contributed by atoms with Gasteiger partial charge in [-0.05, 0) is 13.8 Å². The molecule has 0 aliphatic rings. The smallest absolute Gasteiger partial charge is 0.130 e. The highest BCUT2D eigenvalue weighted by Crippen LogP contribution is 2.02. The number of hydrogen-bond acceptors (Lipinski definition) is 1. The molecule has 0 bridgehead atoms. The zero-order chi connectivity index (χ0) is 8.85. The van der Waals surface area contributed by atoms with E-state index in [1.165, 1.54) is 0 Å². The molecule has 0 aromatic rings. The van der Waals surface area contributed by atoms with Crippen LogP contribution in [0.15, 0.2) is 22.3 Å². The maximum absolute atomic E-state index is 4.19. The fourth-order valence-corrected chi connectivity index (χ4v) is 0.635. The van der Waals surface area contributed by atoms with E-state index in [2.05, 4.69) is 30.4 Å². The van der Waals surface area contributed by atoms with E-state index in [1.807, 2.05) is 13.8 Å². The Kier molecular flexibility index (Phi) is 4.42. The van der Waals surface area contributed by atoms with E-state index >= 15 is 0 Å². The molecule has 0 unspecified atom stereocenters. The minimum atomic E-state index is 0.364. The lowest BCUT2D eigenvalue weighted by Gasteiger charge is -2.02. The van der Waals surface area contributed by atoms with Crippen molar-refractivity contribution in [2.75, 3.05) is 0 Å². The third kappa shape index (κ3) is 4.48. The molecule has 0 saturated carbocycles. The highest BCUT2D eigenvalue weighted by molar-refractivity contribution is 5.91.